The molecule has 20 heavy (non-hydrogen) atoms. The van der Waals surface area contributed by atoms with Crippen LogP contribution in [0.4, 0.5) is 0 Å². The fourth-order valence-electron chi connectivity index (χ4n) is 2.30. The van der Waals surface area contributed by atoms with Gasteiger partial charge in [-0.05, 0) is 25.7 Å². The first-order valence-corrected chi connectivity index (χ1v) is 9.73. The summed E-state index contributed by atoms with van der Waals surface area (Å²) >= 11 is 0. The molecule has 0 atom stereocenters. The van der Waals surface area contributed by atoms with Gasteiger partial charge in [0.25, 0.3) is 10.1 Å². The van der Waals surface area contributed by atoms with E-state index in [-0.39, 0.29) is 5.75 Å². The minimum absolute atomic E-state index is 0.186. The van der Waals surface area contributed by atoms with Gasteiger partial charge in [-0.1, -0.05) is 70.4 Å². The molecule has 0 amide bonds. The molecule has 120 valence electrons. The average molecular weight is 304 g/mol. The van der Waals surface area contributed by atoms with Gasteiger partial charge in [-0.15, -0.1) is 0 Å². The van der Waals surface area contributed by atoms with Gasteiger partial charge in [-0.25, -0.2) is 0 Å². The van der Waals surface area contributed by atoms with E-state index >= 15 is 0 Å². The summed E-state index contributed by atoms with van der Waals surface area (Å²) in [5.41, 5.74) is 0.888. The second kappa shape index (κ2) is 12.4. The van der Waals surface area contributed by atoms with Crippen LogP contribution in [0.5, 0.6) is 0 Å². The quantitative estimate of drug-likeness (QED) is 0.291. The maximum Gasteiger partial charge on any atom is 0.268 e. The highest BCUT2D eigenvalue weighted by molar-refractivity contribution is 7.85. The lowest BCUT2D eigenvalue weighted by Gasteiger charge is -2.06. The smallest absolute Gasteiger partial charge is 0.268 e. The summed E-state index contributed by atoms with van der Waals surface area (Å²) in [6.07, 6.45) is 14.4. The molecule has 0 aliphatic rings. The second-order valence-corrected chi connectivity index (χ2v) is 7.05. The zero-order chi connectivity index (χ0) is 15.3. The molecular weight excluding hydrogens is 272 g/mol. The van der Waals surface area contributed by atoms with Crippen molar-refractivity contribution >= 4 is 10.1 Å². The van der Waals surface area contributed by atoms with Gasteiger partial charge < -0.3 is 0 Å². The Labute approximate surface area is 125 Å². The summed E-state index contributed by atoms with van der Waals surface area (Å²) in [6.45, 7) is 4.35. The van der Waals surface area contributed by atoms with Gasteiger partial charge >= 0.3 is 0 Å². The Balaban J connectivity index is 4.08. The molecule has 0 radical (unpaired) electrons. The zero-order valence-corrected chi connectivity index (χ0v) is 14.1. The minimum Gasteiger partial charge on any atom is -0.285 e. The van der Waals surface area contributed by atoms with Crippen molar-refractivity contribution in [2.24, 2.45) is 0 Å². The molecule has 1 N–H and O–H groups in total. The van der Waals surface area contributed by atoms with Crippen LogP contribution in [0.1, 0.15) is 84.5 Å². The van der Waals surface area contributed by atoms with E-state index < -0.39 is 10.1 Å². The summed E-state index contributed by atoms with van der Waals surface area (Å²) in [6, 6.07) is 0. The average Bonchev–Trinajstić information content (AvgIpc) is 2.36. The number of hydrogen-bond acceptors (Lipinski definition) is 2. The maximum atomic E-state index is 11.0. The van der Waals surface area contributed by atoms with E-state index in [4.69, 9.17) is 4.55 Å². The highest BCUT2D eigenvalue weighted by Gasteiger charge is 2.09. The van der Waals surface area contributed by atoms with E-state index in [0.717, 1.165) is 37.7 Å². The molecule has 0 fully saturated rings. The Bertz CT molecular complexity index is 345. The van der Waals surface area contributed by atoms with Crippen LogP contribution in [0.3, 0.4) is 0 Å². The first-order chi connectivity index (χ1) is 9.49. The van der Waals surface area contributed by atoms with Crippen molar-refractivity contribution in [3.8, 4) is 0 Å². The molecular formula is C16H32O3S. The molecule has 0 bridgehead atoms. The largest absolute Gasteiger partial charge is 0.285 e. The van der Waals surface area contributed by atoms with E-state index in [9.17, 15) is 8.42 Å². The second-order valence-electron chi connectivity index (χ2n) is 5.60. The Hall–Kier alpha value is -0.350. The first kappa shape index (κ1) is 19.7. The predicted molar refractivity (Wildman–Crippen MR) is 86.6 cm³/mol. The van der Waals surface area contributed by atoms with E-state index in [1.807, 2.05) is 6.08 Å². The zero-order valence-electron chi connectivity index (χ0n) is 13.2. The highest BCUT2D eigenvalue weighted by Crippen LogP contribution is 2.14. The number of rotatable bonds is 13. The normalized spacial score (nSPS) is 12.8. The van der Waals surface area contributed by atoms with Gasteiger partial charge in [-0.3, -0.25) is 4.55 Å². The number of allylic oxidation sites excluding steroid dienone is 1. The van der Waals surface area contributed by atoms with Crippen LogP contribution < -0.4 is 0 Å². The van der Waals surface area contributed by atoms with Crippen molar-refractivity contribution in [1.82, 2.24) is 0 Å². The third-order valence-corrected chi connectivity index (χ3v) is 4.20. The highest BCUT2D eigenvalue weighted by atomic mass is 32.2. The van der Waals surface area contributed by atoms with Crippen molar-refractivity contribution in [2.45, 2.75) is 84.5 Å². The molecule has 3 nitrogen and oxygen atoms in total. The van der Waals surface area contributed by atoms with Crippen molar-refractivity contribution in [3.63, 3.8) is 0 Å². The molecule has 0 heterocycles. The summed E-state index contributed by atoms with van der Waals surface area (Å²) in [4.78, 5) is 0. The van der Waals surface area contributed by atoms with Crippen LogP contribution >= 0.6 is 0 Å². The molecule has 0 saturated heterocycles. The minimum atomic E-state index is -3.89. The lowest BCUT2D eigenvalue weighted by molar-refractivity contribution is 0.484. The summed E-state index contributed by atoms with van der Waals surface area (Å²) in [5.74, 6) is -0.186. The third kappa shape index (κ3) is 14.1. The molecule has 0 aromatic heterocycles. The van der Waals surface area contributed by atoms with Crippen LogP contribution in [0.15, 0.2) is 11.6 Å². The summed E-state index contributed by atoms with van der Waals surface area (Å²) in [5, 5.41) is 0. The Morgan fingerprint density at radius 1 is 0.900 bits per heavy atom. The van der Waals surface area contributed by atoms with Gasteiger partial charge in [0.1, 0.15) is 0 Å². The van der Waals surface area contributed by atoms with Gasteiger partial charge in [0.05, 0.1) is 5.75 Å². The standard InChI is InChI=1S/C16H32O3S/c1-3-5-7-9-10-12-14-16(15-20(17,18)19)13-11-8-6-4-2/h14H,3-13,15H2,1-2H3,(H,17,18,19). The van der Waals surface area contributed by atoms with Gasteiger partial charge in [0.2, 0.25) is 0 Å². The molecule has 0 rings (SSSR count). The molecule has 0 aromatic carbocycles. The molecule has 0 aliphatic heterocycles. The molecule has 0 unspecified atom stereocenters. The van der Waals surface area contributed by atoms with Gasteiger partial charge in [-0.2, -0.15) is 8.42 Å². The number of hydrogen-bond donors (Lipinski definition) is 1. The molecule has 0 aliphatic carbocycles. The topological polar surface area (TPSA) is 54.4 Å². The van der Waals surface area contributed by atoms with Crippen LogP contribution in [-0.4, -0.2) is 18.7 Å². The van der Waals surface area contributed by atoms with Crippen molar-refractivity contribution < 1.29 is 13.0 Å². The molecule has 4 heteroatoms. The van der Waals surface area contributed by atoms with Crippen LogP contribution in [0, 0.1) is 0 Å². The lowest BCUT2D eigenvalue weighted by atomic mass is 10.0. The van der Waals surface area contributed by atoms with Crippen LogP contribution in [0.25, 0.3) is 0 Å². The van der Waals surface area contributed by atoms with Crippen LogP contribution in [-0.2, 0) is 10.1 Å². The van der Waals surface area contributed by atoms with Crippen molar-refractivity contribution in [1.29, 1.82) is 0 Å². The molecule has 0 aromatic rings. The Morgan fingerprint density at radius 3 is 2.00 bits per heavy atom. The predicted octanol–water partition coefficient (Wildman–Crippen LogP) is 5.13. The van der Waals surface area contributed by atoms with Gasteiger partial charge in [0, 0.05) is 0 Å². The molecule has 0 spiro atoms. The summed E-state index contributed by atoms with van der Waals surface area (Å²) < 4.78 is 31.0. The Kier molecular flexibility index (Phi) is 12.2. The van der Waals surface area contributed by atoms with E-state index in [2.05, 4.69) is 13.8 Å². The SMILES string of the molecule is CCCCCCCC=C(CCCCCC)CS(=O)(=O)O. The fourth-order valence-corrected chi connectivity index (χ4v) is 3.03. The third-order valence-electron chi connectivity index (χ3n) is 3.46. The monoisotopic (exact) mass is 304 g/mol. The van der Waals surface area contributed by atoms with E-state index in [1.165, 1.54) is 38.5 Å². The Morgan fingerprint density at radius 2 is 1.45 bits per heavy atom. The lowest BCUT2D eigenvalue weighted by Crippen LogP contribution is -2.07. The molecule has 0 saturated carbocycles. The summed E-state index contributed by atoms with van der Waals surface area (Å²) in [7, 11) is -3.89. The van der Waals surface area contributed by atoms with E-state index in [1.54, 1.807) is 0 Å². The van der Waals surface area contributed by atoms with Crippen molar-refractivity contribution in [3.05, 3.63) is 11.6 Å². The van der Waals surface area contributed by atoms with Crippen LogP contribution in [0.2, 0.25) is 0 Å². The van der Waals surface area contributed by atoms with E-state index in [0.29, 0.717) is 0 Å². The van der Waals surface area contributed by atoms with Crippen molar-refractivity contribution in [2.75, 3.05) is 5.75 Å². The first-order valence-electron chi connectivity index (χ1n) is 8.12. The maximum absolute atomic E-state index is 11.0. The fraction of sp³-hybridized carbons (Fsp3) is 0.875. The number of unbranched alkanes of at least 4 members (excludes halogenated alkanes) is 8. The van der Waals surface area contributed by atoms with Gasteiger partial charge in [0.15, 0.2) is 0 Å².